The Bertz CT molecular complexity index is 151. The Balaban J connectivity index is 2.32. The summed E-state index contributed by atoms with van der Waals surface area (Å²) in [6.07, 6.45) is 5.92. The molecule has 3 heteroatoms. The van der Waals surface area contributed by atoms with Crippen LogP contribution in [0.1, 0.15) is 39.0 Å². The molecule has 0 spiro atoms. The molecule has 76 valence electrons. The second-order valence-corrected chi connectivity index (χ2v) is 3.45. The zero-order valence-electron chi connectivity index (χ0n) is 8.42. The minimum Gasteiger partial charge on any atom is -0.450 e. The third-order valence-corrected chi connectivity index (χ3v) is 2.38. The maximum Gasteiger partial charge on any atom is 0.409 e. The van der Waals surface area contributed by atoms with Crippen molar-refractivity contribution < 1.29 is 9.53 Å². The smallest absolute Gasteiger partial charge is 0.409 e. The summed E-state index contributed by atoms with van der Waals surface area (Å²) >= 11 is 0. The summed E-state index contributed by atoms with van der Waals surface area (Å²) in [5, 5.41) is 0. The van der Waals surface area contributed by atoms with Crippen molar-refractivity contribution in [2.24, 2.45) is 0 Å². The van der Waals surface area contributed by atoms with E-state index in [1.165, 1.54) is 19.3 Å². The maximum atomic E-state index is 11.4. The zero-order valence-corrected chi connectivity index (χ0v) is 8.42. The number of likely N-dealkylation sites (tertiary alicyclic amines) is 1. The second-order valence-electron chi connectivity index (χ2n) is 3.45. The van der Waals surface area contributed by atoms with Crippen LogP contribution in [-0.4, -0.2) is 30.7 Å². The molecule has 0 atom stereocenters. The van der Waals surface area contributed by atoms with Crippen LogP contribution in [0.2, 0.25) is 0 Å². The Morgan fingerprint density at radius 1 is 1.15 bits per heavy atom. The van der Waals surface area contributed by atoms with E-state index in [4.69, 9.17) is 4.74 Å². The number of hydrogen-bond donors (Lipinski definition) is 0. The van der Waals surface area contributed by atoms with Crippen LogP contribution in [0.5, 0.6) is 0 Å². The van der Waals surface area contributed by atoms with E-state index in [1.54, 1.807) is 0 Å². The minimum absolute atomic E-state index is 0.135. The lowest BCUT2D eigenvalue weighted by Crippen LogP contribution is -2.34. The van der Waals surface area contributed by atoms with Gasteiger partial charge in [-0.2, -0.15) is 0 Å². The highest BCUT2D eigenvalue weighted by atomic mass is 16.6. The number of carbonyl (C=O) groups is 1. The van der Waals surface area contributed by atoms with Crippen molar-refractivity contribution in [3.8, 4) is 0 Å². The van der Waals surface area contributed by atoms with Gasteiger partial charge in [0, 0.05) is 13.1 Å². The lowest BCUT2D eigenvalue weighted by atomic mass is 10.1. The fraction of sp³-hybridized carbons (Fsp3) is 0.900. The number of amides is 1. The summed E-state index contributed by atoms with van der Waals surface area (Å²) in [6, 6.07) is 0. The van der Waals surface area contributed by atoms with Gasteiger partial charge >= 0.3 is 6.09 Å². The first-order valence-corrected chi connectivity index (χ1v) is 5.26. The molecular weight excluding hydrogens is 166 g/mol. The van der Waals surface area contributed by atoms with Crippen molar-refractivity contribution in [1.29, 1.82) is 0 Å². The van der Waals surface area contributed by atoms with Gasteiger partial charge in [0.05, 0.1) is 6.61 Å². The lowest BCUT2D eigenvalue weighted by Gasteiger charge is -2.23. The standard InChI is InChI=1S/C10H19NO2/c1-2-13-10(12)11-8-6-4-3-5-7-9-11/h2-9H2,1H3. The first-order chi connectivity index (χ1) is 6.34. The monoisotopic (exact) mass is 185 g/mol. The number of hydrogen-bond acceptors (Lipinski definition) is 2. The molecule has 0 bridgehead atoms. The van der Waals surface area contributed by atoms with Crippen molar-refractivity contribution in [2.75, 3.05) is 19.7 Å². The highest BCUT2D eigenvalue weighted by molar-refractivity contribution is 5.67. The molecule has 0 aromatic rings. The predicted octanol–water partition coefficient (Wildman–Crippen LogP) is 2.41. The second kappa shape index (κ2) is 5.84. The van der Waals surface area contributed by atoms with E-state index in [9.17, 15) is 4.79 Å². The average molecular weight is 185 g/mol. The van der Waals surface area contributed by atoms with Crippen LogP contribution in [0.4, 0.5) is 4.79 Å². The summed E-state index contributed by atoms with van der Waals surface area (Å²) in [4.78, 5) is 13.2. The molecule has 0 aromatic carbocycles. The topological polar surface area (TPSA) is 29.5 Å². The Kier molecular flexibility index (Phi) is 4.65. The van der Waals surface area contributed by atoms with Gasteiger partial charge < -0.3 is 9.64 Å². The molecule has 1 aliphatic rings. The molecule has 1 rings (SSSR count). The number of ether oxygens (including phenoxy) is 1. The molecule has 1 amide bonds. The van der Waals surface area contributed by atoms with Crippen molar-refractivity contribution in [2.45, 2.75) is 39.0 Å². The molecule has 0 radical (unpaired) electrons. The van der Waals surface area contributed by atoms with Gasteiger partial charge in [-0.25, -0.2) is 4.79 Å². The van der Waals surface area contributed by atoms with Gasteiger partial charge in [0.2, 0.25) is 0 Å². The number of rotatable bonds is 1. The minimum atomic E-state index is -0.135. The fourth-order valence-corrected chi connectivity index (χ4v) is 1.64. The Hall–Kier alpha value is -0.730. The quantitative estimate of drug-likeness (QED) is 0.628. The predicted molar refractivity (Wildman–Crippen MR) is 51.7 cm³/mol. The van der Waals surface area contributed by atoms with Gasteiger partial charge in [0.15, 0.2) is 0 Å². The Labute approximate surface area is 80.1 Å². The summed E-state index contributed by atoms with van der Waals surface area (Å²) in [6.45, 7) is 4.08. The van der Waals surface area contributed by atoms with Crippen molar-refractivity contribution in [3.05, 3.63) is 0 Å². The van der Waals surface area contributed by atoms with E-state index >= 15 is 0 Å². The number of nitrogens with zero attached hydrogens (tertiary/aromatic N) is 1. The van der Waals surface area contributed by atoms with Gasteiger partial charge in [-0.15, -0.1) is 0 Å². The molecule has 0 N–H and O–H groups in total. The van der Waals surface area contributed by atoms with Crippen LogP contribution >= 0.6 is 0 Å². The normalized spacial score (nSPS) is 19.0. The SMILES string of the molecule is CCOC(=O)N1CCCCCCC1. The Morgan fingerprint density at radius 2 is 1.69 bits per heavy atom. The third kappa shape index (κ3) is 3.66. The van der Waals surface area contributed by atoms with Crippen molar-refractivity contribution in [3.63, 3.8) is 0 Å². The molecule has 1 aliphatic heterocycles. The van der Waals surface area contributed by atoms with E-state index < -0.39 is 0 Å². The molecule has 0 unspecified atom stereocenters. The molecule has 0 aromatic heterocycles. The molecule has 0 aliphatic carbocycles. The van der Waals surface area contributed by atoms with Gasteiger partial charge in [0.25, 0.3) is 0 Å². The van der Waals surface area contributed by atoms with Gasteiger partial charge in [0.1, 0.15) is 0 Å². The van der Waals surface area contributed by atoms with E-state index in [0.717, 1.165) is 25.9 Å². The average Bonchev–Trinajstić information content (AvgIpc) is 2.03. The van der Waals surface area contributed by atoms with Gasteiger partial charge in [-0.3, -0.25) is 0 Å². The molecule has 1 saturated heterocycles. The molecule has 3 nitrogen and oxygen atoms in total. The van der Waals surface area contributed by atoms with Crippen LogP contribution in [0.3, 0.4) is 0 Å². The molecule has 13 heavy (non-hydrogen) atoms. The van der Waals surface area contributed by atoms with Crippen molar-refractivity contribution in [1.82, 2.24) is 4.90 Å². The van der Waals surface area contributed by atoms with E-state index in [-0.39, 0.29) is 6.09 Å². The van der Waals surface area contributed by atoms with E-state index in [1.807, 2.05) is 11.8 Å². The molecule has 1 heterocycles. The Morgan fingerprint density at radius 3 is 2.23 bits per heavy atom. The molecule has 1 fully saturated rings. The van der Waals surface area contributed by atoms with Gasteiger partial charge in [-0.1, -0.05) is 19.3 Å². The van der Waals surface area contributed by atoms with Crippen LogP contribution in [-0.2, 0) is 4.74 Å². The highest BCUT2D eigenvalue weighted by Crippen LogP contribution is 2.11. The maximum absolute atomic E-state index is 11.4. The highest BCUT2D eigenvalue weighted by Gasteiger charge is 2.14. The molecule has 0 saturated carbocycles. The van der Waals surface area contributed by atoms with E-state index in [0.29, 0.717) is 6.61 Å². The summed E-state index contributed by atoms with van der Waals surface area (Å²) < 4.78 is 4.96. The molecular formula is C10H19NO2. The summed E-state index contributed by atoms with van der Waals surface area (Å²) in [5.74, 6) is 0. The van der Waals surface area contributed by atoms with Crippen LogP contribution in [0.25, 0.3) is 0 Å². The zero-order chi connectivity index (χ0) is 9.52. The summed E-state index contributed by atoms with van der Waals surface area (Å²) in [7, 11) is 0. The fourth-order valence-electron chi connectivity index (χ4n) is 1.64. The van der Waals surface area contributed by atoms with Crippen LogP contribution in [0, 0.1) is 0 Å². The van der Waals surface area contributed by atoms with Crippen LogP contribution < -0.4 is 0 Å². The van der Waals surface area contributed by atoms with Crippen LogP contribution in [0.15, 0.2) is 0 Å². The first-order valence-electron chi connectivity index (χ1n) is 5.26. The van der Waals surface area contributed by atoms with Crippen molar-refractivity contribution >= 4 is 6.09 Å². The third-order valence-electron chi connectivity index (χ3n) is 2.38. The number of carbonyl (C=O) groups excluding carboxylic acids is 1. The first kappa shape index (κ1) is 10.4. The summed E-state index contributed by atoms with van der Waals surface area (Å²) in [5.41, 5.74) is 0. The van der Waals surface area contributed by atoms with E-state index in [2.05, 4.69) is 0 Å². The van der Waals surface area contributed by atoms with Gasteiger partial charge in [-0.05, 0) is 19.8 Å². The lowest BCUT2D eigenvalue weighted by molar-refractivity contribution is 0.104. The largest absolute Gasteiger partial charge is 0.450 e.